The van der Waals surface area contributed by atoms with Crippen molar-refractivity contribution in [2.24, 2.45) is 24.9 Å². The van der Waals surface area contributed by atoms with Gasteiger partial charge in [0, 0.05) is 133 Å². The standard InChI is InChI=1S/C32H35ClFN7O2.C29H33ClFN7O.C3H3ClO/c1-5-24(42)41-17-32(18-41)10-12-40(16-32)30-22-13-23(33)26(25-19(2)8-9-20-14-35-39(4)29(20)25)27(34)28(22)36-31(37-30)43-15-21-7-6-11-38(21)3;1-17-6-7-18-12-33-37(3)26(18)22(17)23-21(30)11-20-25(24(23)31)34-28(39-13-19-5-4-9-36(19)2)35-27(20)38-10-8-29(16-38)14-32-15-29;1-2-3(4)5/h5,8-9,13-14,21H,1,6-7,10-12,15-18H2,2-4H3;6-7,11-12,19,32H,4-5,8-10,13-16H2,1-3H3;2H,1H2. The van der Waals surface area contributed by atoms with E-state index in [1.54, 1.807) is 27.8 Å². The molecule has 6 aliphatic rings. The molecule has 2 unspecified atom stereocenters. The van der Waals surface area contributed by atoms with Crippen LogP contribution in [0.15, 0.2) is 74.1 Å². The van der Waals surface area contributed by atoms with Crippen molar-refractivity contribution < 1.29 is 27.8 Å². The predicted octanol–water partition coefficient (Wildman–Crippen LogP) is 10.5. The summed E-state index contributed by atoms with van der Waals surface area (Å²) in [7, 11) is 7.91. The van der Waals surface area contributed by atoms with Gasteiger partial charge in [0.05, 0.1) is 33.5 Å². The Balaban J connectivity index is 0.000000158. The van der Waals surface area contributed by atoms with Gasteiger partial charge in [-0.05, 0) is 127 Å². The molecule has 6 saturated heterocycles. The lowest BCUT2D eigenvalue weighted by Gasteiger charge is -2.47. The van der Waals surface area contributed by atoms with Crippen molar-refractivity contribution in [3.05, 3.63) is 107 Å². The highest BCUT2D eigenvalue weighted by molar-refractivity contribution is 6.66. The van der Waals surface area contributed by atoms with Gasteiger partial charge >= 0.3 is 12.0 Å². The summed E-state index contributed by atoms with van der Waals surface area (Å²) in [6.07, 6.45) is 12.3. The summed E-state index contributed by atoms with van der Waals surface area (Å²) in [4.78, 5) is 51.4. The van der Waals surface area contributed by atoms with Crippen LogP contribution < -0.4 is 24.6 Å². The Morgan fingerprint density at radius 1 is 0.655 bits per heavy atom. The van der Waals surface area contributed by atoms with Gasteiger partial charge in [-0.1, -0.05) is 60.6 Å². The van der Waals surface area contributed by atoms with E-state index in [2.05, 4.69) is 72.3 Å². The molecule has 8 aromatic rings. The van der Waals surface area contributed by atoms with Crippen LogP contribution in [0.1, 0.15) is 49.7 Å². The first-order valence-corrected chi connectivity index (χ1v) is 30.7. The minimum atomic E-state index is -0.509. The van der Waals surface area contributed by atoms with Crippen LogP contribution in [0.25, 0.3) is 65.9 Å². The van der Waals surface area contributed by atoms with Gasteiger partial charge in [0.15, 0.2) is 11.6 Å². The maximum atomic E-state index is 16.9. The van der Waals surface area contributed by atoms with Crippen LogP contribution in [0.2, 0.25) is 10.0 Å². The maximum absolute atomic E-state index is 16.9. The third-order valence-corrected chi connectivity index (χ3v) is 19.5. The summed E-state index contributed by atoms with van der Waals surface area (Å²) < 4.78 is 49.5. The molecule has 0 aliphatic carbocycles. The minimum absolute atomic E-state index is 0.0297. The number of carbonyl (C=O) groups excluding carboxylic acids is 2. The number of benzene rings is 4. The Morgan fingerprint density at radius 3 is 1.49 bits per heavy atom. The van der Waals surface area contributed by atoms with Gasteiger partial charge in [-0.25, -0.2) is 8.78 Å². The van der Waals surface area contributed by atoms with E-state index in [1.807, 2.05) is 63.2 Å². The molecule has 2 spiro atoms. The number of hydrogen-bond acceptors (Lipinski definition) is 15. The Labute approximate surface area is 519 Å². The number of amides is 1. The largest absolute Gasteiger partial charge is 0.462 e. The number of fused-ring (bicyclic) bond motifs is 4. The maximum Gasteiger partial charge on any atom is 0.319 e. The number of hydrogen-bond donors (Lipinski definition) is 1. The normalized spacial score (nSPS) is 19.6. The smallest absolute Gasteiger partial charge is 0.319 e. The molecule has 14 rings (SSSR count). The van der Waals surface area contributed by atoms with Crippen LogP contribution in [0.5, 0.6) is 12.0 Å². The van der Waals surface area contributed by atoms with Gasteiger partial charge in [0.2, 0.25) is 11.1 Å². The number of rotatable bonds is 12. The average Bonchev–Trinajstić information content (AvgIpc) is 1.83. The Hall–Kier alpha value is -7.07. The SMILES string of the molecule is C=CC(=O)Cl.C=CC(=O)N1CC2(CCN(c3nc(OCC4CCCN4C)nc4c(F)c(-c5c(C)ccc6cnn(C)c56)c(Cl)cc34)C2)C1.Cc1ccc2cnn(C)c2c1-c1c(Cl)cc2c(N3CCC4(CNC4)C3)nc(OCC3CCCN3C)nc2c1F. The van der Waals surface area contributed by atoms with Gasteiger partial charge < -0.3 is 39.3 Å². The summed E-state index contributed by atoms with van der Waals surface area (Å²) in [5.74, 6) is 0.282. The Bertz CT molecular complexity index is 4050. The molecule has 2 atom stereocenters. The molecule has 0 saturated carbocycles. The number of allylic oxidation sites excluding steroid dienone is 1. The van der Waals surface area contributed by atoms with Gasteiger partial charge in [0.1, 0.15) is 35.9 Å². The molecule has 0 bridgehead atoms. The highest BCUT2D eigenvalue weighted by atomic mass is 35.5. The lowest BCUT2D eigenvalue weighted by Crippen LogP contribution is -2.59. The number of likely N-dealkylation sites (tertiary alicyclic amines) is 3. The lowest BCUT2D eigenvalue weighted by molar-refractivity contribution is -0.136. The van der Waals surface area contributed by atoms with Crippen LogP contribution >= 0.6 is 34.8 Å². The zero-order valence-electron chi connectivity index (χ0n) is 49.9. The summed E-state index contributed by atoms with van der Waals surface area (Å²) in [6, 6.07) is 12.5. The lowest BCUT2D eigenvalue weighted by atomic mass is 9.79. The zero-order chi connectivity index (χ0) is 61.2. The Morgan fingerprint density at radius 2 is 1.10 bits per heavy atom. The number of carbonyl (C=O) groups is 2. The van der Waals surface area contributed by atoms with Crippen LogP contribution in [-0.2, 0) is 23.7 Å². The van der Waals surface area contributed by atoms with E-state index < -0.39 is 16.9 Å². The molecule has 23 heteroatoms. The molecule has 456 valence electrons. The second-order valence-corrected chi connectivity index (χ2v) is 25.7. The Kier molecular flexibility index (Phi) is 16.7. The quantitative estimate of drug-likeness (QED) is 0.0906. The molecule has 10 heterocycles. The fraction of sp³-hybridized carbons (Fsp3) is 0.438. The molecular weight excluding hydrogens is 1170 g/mol. The highest BCUT2D eigenvalue weighted by Crippen LogP contribution is 2.48. The molecule has 87 heavy (non-hydrogen) atoms. The number of ether oxygens (including phenoxy) is 2. The van der Waals surface area contributed by atoms with E-state index in [-0.39, 0.29) is 50.9 Å². The number of anilines is 2. The van der Waals surface area contributed by atoms with Crippen LogP contribution in [0.4, 0.5) is 20.4 Å². The van der Waals surface area contributed by atoms with Gasteiger partial charge in [-0.15, -0.1) is 0 Å². The van der Waals surface area contributed by atoms with Gasteiger partial charge in [0.25, 0.3) is 0 Å². The first-order valence-electron chi connectivity index (χ1n) is 29.6. The summed E-state index contributed by atoms with van der Waals surface area (Å²) in [5, 5.41) is 15.3. The average molecular weight is 1240 g/mol. The van der Waals surface area contributed by atoms with E-state index in [0.29, 0.717) is 83.0 Å². The van der Waals surface area contributed by atoms with Crippen molar-refractivity contribution >= 4 is 101 Å². The van der Waals surface area contributed by atoms with Crippen molar-refractivity contribution in [2.45, 2.75) is 64.5 Å². The number of aryl methyl sites for hydroxylation is 4. The predicted molar refractivity (Wildman–Crippen MR) is 339 cm³/mol. The fourth-order valence-electron chi connectivity index (χ4n) is 13.8. The van der Waals surface area contributed by atoms with E-state index >= 15 is 8.78 Å². The molecule has 1 amide bonds. The second kappa shape index (κ2) is 24.1. The van der Waals surface area contributed by atoms with Crippen molar-refractivity contribution in [3.8, 4) is 34.3 Å². The van der Waals surface area contributed by atoms with Crippen LogP contribution in [0, 0.1) is 36.3 Å². The number of nitrogens with zero attached hydrogens (tertiary/aromatic N) is 13. The molecule has 0 radical (unpaired) electrons. The van der Waals surface area contributed by atoms with Gasteiger partial charge in [-0.3, -0.25) is 19.0 Å². The van der Waals surface area contributed by atoms with Crippen molar-refractivity contribution in [2.75, 3.05) is 103 Å². The van der Waals surface area contributed by atoms with Crippen molar-refractivity contribution in [1.29, 1.82) is 0 Å². The number of aromatic nitrogens is 8. The van der Waals surface area contributed by atoms with E-state index in [1.165, 1.54) is 6.08 Å². The third kappa shape index (κ3) is 11.3. The second-order valence-electron chi connectivity index (χ2n) is 24.5. The van der Waals surface area contributed by atoms with E-state index in [9.17, 15) is 9.59 Å². The number of halogens is 5. The third-order valence-electron chi connectivity index (χ3n) is 18.7. The van der Waals surface area contributed by atoms with E-state index in [4.69, 9.17) is 54.2 Å². The topological polar surface area (TPSA) is 168 Å². The molecule has 4 aromatic carbocycles. The fourth-order valence-corrected chi connectivity index (χ4v) is 14.4. The number of likely N-dealkylation sites (N-methyl/N-ethyl adjacent to an activating group) is 2. The first kappa shape index (κ1) is 60.2. The van der Waals surface area contributed by atoms with Gasteiger partial charge in [-0.2, -0.15) is 30.1 Å². The molecule has 18 nitrogen and oxygen atoms in total. The number of nitrogens with one attached hydrogen (secondary N) is 1. The monoisotopic (exact) mass is 1240 g/mol. The van der Waals surface area contributed by atoms with Crippen molar-refractivity contribution in [3.63, 3.8) is 0 Å². The zero-order valence-corrected chi connectivity index (χ0v) is 52.2. The molecule has 6 aliphatic heterocycles. The molecular formula is C64H71Cl3F2N14O4. The minimum Gasteiger partial charge on any atom is -0.462 e. The molecule has 6 fully saturated rings. The summed E-state index contributed by atoms with van der Waals surface area (Å²) >= 11 is 18.6. The van der Waals surface area contributed by atoms with Crippen LogP contribution in [0.3, 0.4) is 0 Å². The van der Waals surface area contributed by atoms with Crippen LogP contribution in [-0.4, -0.2) is 170 Å². The summed E-state index contributed by atoms with van der Waals surface area (Å²) in [6.45, 7) is 20.1. The van der Waals surface area contributed by atoms with E-state index in [0.717, 1.165) is 129 Å². The highest BCUT2D eigenvalue weighted by Gasteiger charge is 2.50. The van der Waals surface area contributed by atoms with Crippen molar-refractivity contribution in [1.82, 2.24) is 59.5 Å². The summed E-state index contributed by atoms with van der Waals surface area (Å²) in [5.41, 5.74) is 6.13. The molecule has 4 aromatic heterocycles. The first-order chi connectivity index (χ1) is 41.8. The molecule has 1 N–H and O–H groups in total.